The third kappa shape index (κ3) is 2.85. The van der Waals surface area contributed by atoms with E-state index in [0.29, 0.717) is 5.96 Å². The van der Waals surface area contributed by atoms with Crippen LogP contribution in [-0.2, 0) is 0 Å². The van der Waals surface area contributed by atoms with Crippen LogP contribution in [-0.4, -0.2) is 36.3 Å². The van der Waals surface area contributed by atoms with E-state index in [-0.39, 0.29) is 12.3 Å². The zero-order chi connectivity index (χ0) is 13.1. The van der Waals surface area contributed by atoms with Crippen molar-refractivity contribution in [3.63, 3.8) is 0 Å². The summed E-state index contributed by atoms with van der Waals surface area (Å²) in [5.41, 5.74) is 0.906. The van der Waals surface area contributed by atoms with Gasteiger partial charge in [0.05, 0.1) is 0 Å². The molecular weight excluding hydrogens is 242 g/mol. The van der Waals surface area contributed by atoms with Gasteiger partial charge in [-0.2, -0.15) is 0 Å². The van der Waals surface area contributed by atoms with Gasteiger partial charge >= 0.3 is 6.03 Å². The van der Waals surface area contributed by atoms with E-state index in [0.717, 1.165) is 31.6 Å². The van der Waals surface area contributed by atoms with Crippen molar-refractivity contribution in [1.29, 1.82) is 0 Å². The fraction of sp³-hybridized carbons (Fsp3) is 0.385. The number of nitrogens with one attached hydrogen (secondary N) is 3. The molecule has 1 atom stereocenters. The Bertz CT molecular complexity index is 481. The molecule has 1 aromatic rings. The first-order chi connectivity index (χ1) is 9.31. The van der Waals surface area contributed by atoms with Crippen molar-refractivity contribution < 1.29 is 4.79 Å². The SMILES string of the molecule is O=C1NC(Nc2ccccc2)=NC(N2CCCC2)N1. The fourth-order valence-electron chi connectivity index (χ4n) is 2.33. The normalized spacial score (nSPS) is 23.5. The van der Waals surface area contributed by atoms with Crippen molar-refractivity contribution in [3.05, 3.63) is 30.3 Å². The monoisotopic (exact) mass is 259 g/mol. The van der Waals surface area contributed by atoms with Gasteiger partial charge in [-0.25, -0.2) is 9.79 Å². The summed E-state index contributed by atoms with van der Waals surface area (Å²) in [4.78, 5) is 18.3. The van der Waals surface area contributed by atoms with Gasteiger partial charge in [-0.05, 0) is 25.0 Å². The number of hydrogen-bond donors (Lipinski definition) is 3. The second-order valence-corrected chi connectivity index (χ2v) is 4.68. The molecule has 0 saturated carbocycles. The largest absolute Gasteiger partial charge is 0.326 e. The van der Waals surface area contributed by atoms with Crippen LogP contribution in [0.2, 0.25) is 0 Å². The maximum Gasteiger partial charge on any atom is 0.324 e. The number of aliphatic imine (C=N–C) groups is 1. The lowest BCUT2D eigenvalue weighted by Gasteiger charge is -2.29. The van der Waals surface area contributed by atoms with Crippen LogP contribution in [0.25, 0.3) is 0 Å². The third-order valence-corrected chi connectivity index (χ3v) is 3.27. The number of carbonyl (C=O) groups excluding carboxylic acids is 1. The molecule has 3 rings (SSSR count). The van der Waals surface area contributed by atoms with Crippen molar-refractivity contribution in [3.8, 4) is 0 Å². The van der Waals surface area contributed by atoms with Gasteiger partial charge in [0.1, 0.15) is 0 Å². The molecule has 6 nitrogen and oxygen atoms in total. The fourth-order valence-corrected chi connectivity index (χ4v) is 2.33. The Morgan fingerprint density at radius 3 is 2.68 bits per heavy atom. The number of carbonyl (C=O) groups is 1. The second kappa shape index (κ2) is 5.27. The van der Waals surface area contributed by atoms with Crippen LogP contribution in [0.1, 0.15) is 12.8 Å². The van der Waals surface area contributed by atoms with Crippen molar-refractivity contribution in [1.82, 2.24) is 15.5 Å². The number of rotatable bonds is 2. The second-order valence-electron chi connectivity index (χ2n) is 4.68. The molecular formula is C13H17N5O. The molecule has 0 aromatic heterocycles. The average Bonchev–Trinajstić information content (AvgIpc) is 2.93. The van der Waals surface area contributed by atoms with Gasteiger partial charge in [0.15, 0.2) is 6.29 Å². The predicted octanol–water partition coefficient (Wildman–Crippen LogP) is 1.15. The first-order valence-corrected chi connectivity index (χ1v) is 6.53. The molecule has 2 amide bonds. The molecule has 6 heteroatoms. The molecule has 0 spiro atoms. The van der Waals surface area contributed by atoms with Gasteiger partial charge in [0, 0.05) is 18.8 Å². The Hall–Kier alpha value is -2.08. The summed E-state index contributed by atoms with van der Waals surface area (Å²) in [6.07, 6.45) is 2.07. The minimum atomic E-state index is -0.262. The number of amides is 2. The minimum Gasteiger partial charge on any atom is -0.326 e. The Morgan fingerprint density at radius 1 is 1.21 bits per heavy atom. The molecule has 1 saturated heterocycles. The number of likely N-dealkylation sites (tertiary alicyclic amines) is 1. The van der Waals surface area contributed by atoms with E-state index in [9.17, 15) is 4.79 Å². The third-order valence-electron chi connectivity index (χ3n) is 3.27. The zero-order valence-electron chi connectivity index (χ0n) is 10.6. The molecule has 0 radical (unpaired) electrons. The molecule has 2 aliphatic heterocycles. The van der Waals surface area contributed by atoms with Gasteiger partial charge in [-0.3, -0.25) is 10.2 Å². The summed E-state index contributed by atoms with van der Waals surface area (Å²) in [7, 11) is 0. The number of hydrogen-bond acceptors (Lipinski definition) is 4. The lowest BCUT2D eigenvalue weighted by atomic mass is 10.3. The predicted molar refractivity (Wildman–Crippen MR) is 73.8 cm³/mol. The van der Waals surface area contributed by atoms with Gasteiger partial charge < -0.3 is 10.6 Å². The molecule has 19 heavy (non-hydrogen) atoms. The van der Waals surface area contributed by atoms with Crippen LogP contribution < -0.4 is 16.0 Å². The number of para-hydroxylation sites is 1. The molecule has 2 heterocycles. The molecule has 0 bridgehead atoms. The van der Waals surface area contributed by atoms with Gasteiger partial charge in [0.2, 0.25) is 5.96 Å². The van der Waals surface area contributed by atoms with Crippen LogP contribution in [0.15, 0.2) is 35.3 Å². The van der Waals surface area contributed by atoms with Crippen molar-refractivity contribution in [2.45, 2.75) is 19.1 Å². The van der Waals surface area contributed by atoms with E-state index in [1.807, 2.05) is 30.3 Å². The first kappa shape index (κ1) is 12.0. The van der Waals surface area contributed by atoms with Crippen LogP contribution in [0.4, 0.5) is 10.5 Å². The zero-order valence-corrected chi connectivity index (χ0v) is 10.6. The first-order valence-electron chi connectivity index (χ1n) is 6.53. The summed E-state index contributed by atoms with van der Waals surface area (Å²) in [6, 6.07) is 9.46. The average molecular weight is 259 g/mol. The summed E-state index contributed by atoms with van der Waals surface area (Å²) < 4.78 is 0. The van der Waals surface area contributed by atoms with Crippen molar-refractivity contribution in [2.24, 2.45) is 4.99 Å². The highest BCUT2D eigenvalue weighted by atomic mass is 16.2. The molecule has 1 fully saturated rings. The lowest BCUT2D eigenvalue weighted by Crippen LogP contribution is -2.57. The minimum absolute atomic E-state index is 0.217. The Balaban J connectivity index is 1.73. The number of anilines is 1. The lowest BCUT2D eigenvalue weighted by molar-refractivity contribution is 0.193. The van der Waals surface area contributed by atoms with Crippen molar-refractivity contribution >= 4 is 17.7 Å². The highest BCUT2D eigenvalue weighted by Crippen LogP contribution is 2.13. The number of benzene rings is 1. The summed E-state index contributed by atoms with van der Waals surface area (Å²) in [5, 5.41) is 8.62. The standard InChI is InChI=1S/C13H17N5O/c19-13-16-11(14-10-6-2-1-3-7-10)15-12(17-13)18-8-4-5-9-18/h1-3,6-7,12H,4-5,8-9H2,(H3,14,15,16,17,19). The van der Waals surface area contributed by atoms with E-state index in [1.165, 1.54) is 0 Å². The molecule has 3 N–H and O–H groups in total. The van der Waals surface area contributed by atoms with Crippen LogP contribution in [0, 0.1) is 0 Å². The number of guanidine groups is 1. The Kier molecular flexibility index (Phi) is 3.33. The quantitative estimate of drug-likeness (QED) is 0.746. The van der Waals surface area contributed by atoms with E-state index in [2.05, 4.69) is 25.8 Å². The molecule has 100 valence electrons. The van der Waals surface area contributed by atoms with Crippen LogP contribution in [0.3, 0.4) is 0 Å². The molecule has 1 unspecified atom stereocenters. The van der Waals surface area contributed by atoms with E-state index in [1.54, 1.807) is 0 Å². The maximum absolute atomic E-state index is 11.7. The van der Waals surface area contributed by atoms with Gasteiger partial charge in [0.25, 0.3) is 0 Å². The Morgan fingerprint density at radius 2 is 1.95 bits per heavy atom. The summed E-state index contributed by atoms with van der Waals surface area (Å²) in [6.45, 7) is 1.96. The number of nitrogens with zero attached hydrogens (tertiary/aromatic N) is 2. The topological polar surface area (TPSA) is 68.8 Å². The Labute approximate surface area is 111 Å². The summed E-state index contributed by atoms with van der Waals surface area (Å²) >= 11 is 0. The molecule has 2 aliphatic rings. The van der Waals surface area contributed by atoms with Gasteiger partial charge in [-0.1, -0.05) is 18.2 Å². The van der Waals surface area contributed by atoms with E-state index >= 15 is 0 Å². The van der Waals surface area contributed by atoms with Crippen molar-refractivity contribution in [2.75, 3.05) is 18.4 Å². The van der Waals surface area contributed by atoms with E-state index in [4.69, 9.17) is 0 Å². The number of urea groups is 1. The smallest absolute Gasteiger partial charge is 0.324 e. The summed E-state index contributed by atoms with van der Waals surface area (Å²) in [5.74, 6) is 0.492. The van der Waals surface area contributed by atoms with Crippen LogP contribution in [0.5, 0.6) is 0 Å². The molecule has 1 aromatic carbocycles. The molecule has 0 aliphatic carbocycles. The van der Waals surface area contributed by atoms with Gasteiger partial charge in [-0.15, -0.1) is 0 Å². The van der Waals surface area contributed by atoms with Crippen LogP contribution >= 0.6 is 0 Å². The maximum atomic E-state index is 11.7. The highest BCUT2D eigenvalue weighted by molar-refractivity contribution is 6.05. The highest BCUT2D eigenvalue weighted by Gasteiger charge is 2.27. The van der Waals surface area contributed by atoms with E-state index < -0.39 is 0 Å².